The van der Waals surface area contributed by atoms with E-state index < -0.39 is 0 Å². The van der Waals surface area contributed by atoms with Crippen molar-refractivity contribution in [3.05, 3.63) is 95.8 Å². The van der Waals surface area contributed by atoms with Crippen molar-refractivity contribution < 1.29 is 4.79 Å². The van der Waals surface area contributed by atoms with Crippen molar-refractivity contribution >= 4 is 38.7 Å². The van der Waals surface area contributed by atoms with Crippen LogP contribution >= 0.6 is 11.3 Å². The highest BCUT2D eigenvalue weighted by Crippen LogP contribution is 2.31. The van der Waals surface area contributed by atoms with Crippen LogP contribution in [-0.4, -0.2) is 15.9 Å². The van der Waals surface area contributed by atoms with E-state index in [4.69, 9.17) is 4.98 Å². The Bertz CT molecular complexity index is 1120. The van der Waals surface area contributed by atoms with Gasteiger partial charge in [-0.2, -0.15) is 0 Å². The molecule has 5 heteroatoms. The topological polar surface area (TPSA) is 46.1 Å². The van der Waals surface area contributed by atoms with Crippen molar-refractivity contribution in [3.8, 4) is 0 Å². The Labute approximate surface area is 167 Å². The number of anilines is 1. The lowest BCUT2D eigenvalue weighted by molar-refractivity contribution is -0.114. The Morgan fingerprint density at radius 1 is 1.07 bits per heavy atom. The van der Waals surface area contributed by atoms with Crippen LogP contribution in [-0.2, 0) is 11.3 Å². The number of rotatable bonds is 5. The van der Waals surface area contributed by atoms with Crippen LogP contribution in [0.25, 0.3) is 16.3 Å². The van der Waals surface area contributed by atoms with Crippen LogP contribution < -0.4 is 4.90 Å². The lowest BCUT2D eigenvalue weighted by Gasteiger charge is -2.18. The van der Waals surface area contributed by atoms with E-state index in [0.29, 0.717) is 11.7 Å². The van der Waals surface area contributed by atoms with Crippen LogP contribution in [0, 0.1) is 6.92 Å². The van der Waals surface area contributed by atoms with Crippen LogP contribution in [0.15, 0.2) is 79.1 Å². The molecule has 0 aliphatic rings. The first-order valence-electron chi connectivity index (χ1n) is 9.00. The Morgan fingerprint density at radius 2 is 1.93 bits per heavy atom. The number of carbonyl (C=O) groups is 1. The van der Waals surface area contributed by atoms with Crippen LogP contribution in [0.4, 0.5) is 5.13 Å². The van der Waals surface area contributed by atoms with Gasteiger partial charge in [-0.1, -0.05) is 59.9 Å². The SMILES string of the molecule is Cc1cccc2sc(N(Cc3cccnc3)C(=O)/C=C/c3ccccc3)nc12. The molecule has 0 unspecified atom stereocenters. The van der Waals surface area contributed by atoms with E-state index in [9.17, 15) is 4.79 Å². The summed E-state index contributed by atoms with van der Waals surface area (Å²) in [5, 5.41) is 0.691. The minimum absolute atomic E-state index is 0.107. The lowest BCUT2D eigenvalue weighted by Crippen LogP contribution is -2.28. The molecule has 0 spiro atoms. The maximum Gasteiger partial charge on any atom is 0.253 e. The minimum Gasteiger partial charge on any atom is -0.280 e. The summed E-state index contributed by atoms with van der Waals surface area (Å²) in [6.07, 6.45) is 6.94. The maximum atomic E-state index is 13.1. The molecule has 0 bridgehead atoms. The highest BCUT2D eigenvalue weighted by molar-refractivity contribution is 7.22. The van der Waals surface area contributed by atoms with E-state index in [0.717, 1.165) is 26.9 Å². The Balaban J connectivity index is 1.69. The second kappa shape index (κ2) is 8.15. The van der Waals surface area contributed by atoms with Crippen LogP contribution in [0.3, 0.4) is 0 Å². The zero-order valence-electron chi connectivity index (χ0n) is 15.4. The van der Waals surface area contributed by atoms with Gasteiger partial charge in [-0.3, -0.25) is 14.7 Å². The standard InChI is InChI=1S/C23H19N3OS/c1-17-7-5-11-20-22(17)25-23(28-20)26(16-19-10-6-14-24-15-19)21(27)13-12-18-8-3-2-4-9-18/h2-15H,16H2,1H3/b13-12+. The van der Waals surface area contributed by atoms with Gasteiger partial charge in [0.2, 0.25) is 0 Å². The summed E-state index contributed by atoms with van der Waals surface area (Å²) in [5.74, 6) is -0.107. The summed E-state index contributed by atoms with van der Waals surface area (Å²) < 4.78 is 1.08. The Hall–Kier alpha value is -3.31. The summed E-state index contributed by atoms with van der Waals surface area (Å²) in [5.41, 5.74) is 3.99. The number of hydrogen-bond donors (Lipinski definition) is 0. The quantitative estimate of drug-likeness (QED) is 0.441. The fraction of sp³-hybridized carbons (Fsp3) is 0.0870. The third kappa shape index (κ3) is 4.00. The van der Waals surface area contributed by atoms with Gasteiger partial charge in [0.25, 0.3) is 5.91 Å². The number of fused-ring (bicyclic) bond motifs is 1. The van der Waals surface area contributed by atoms with Crippen molar-refractivity contribution in [2.45, 2.75) is 13.5 Å². The molecule has 2 aromatic heterocycles. The molecule has 0 aliphatic heterocycles. The summed E-state index contributed by atoms with van der Waals surface area (Å²) >= 11 is 1.53. The molecule has 0 saturated carbocycles. The number of aromatic nitrogens is 2. The first kappa shape index (κ1) is 18.1. The molecule has 0 fully saturated rings. The predicted molar refractivity (Wildman–Crippen MR) is 115 cm³/mol. The monoisotopic (exact) mass is 385 g/mol. The van der Waals surface area contributed by atoms with Crippen LogP contribution in [0.5, 0.6) is 0 Å². The van der Waals surface area contributed by atoms with E-state index in [1.807, 2.05) is 73.7 Å². The first-order chi connectivity index (χ1) is 13.7. The number of thiazole rings is 1. The number of para-hydroxylation sites is 1. The molecule has 2 heterocycles. The fourth-order valence-electron chi connectivity index (χ4n) is 2.93. The first-order valence-corrected chi connectivity index (χ1v) is 9.82. The molecular formula is C23H19N3OS. The van der Waals surface area contributed by atoms with Gasteiger partial charge in [0.1, 0.15) is 0 Å². The van der Waals surface area contributed by atoms with Crippen molar-refractivity contribution in [1.82, 2.24) is 9.97 Å². The Kier molecular flexibility index (Phi) is 5.26. The number of pyridine rings is 1. The summed E-state index contributed by atoms with van der Waals surface area (Å²) in [6, 6.07) is 19.7. The summed E-state index contributed by atoms with van der Waals surface area (Å²) in [7, 11) is 0. The largest absolute Gasteiger partial charge is 0.280 e. The molecule has 4 nitrogen and oxygen atoms in total. The molecule has 0 atom stereocenters. The van der Waals surface area contributed by atoms with Crippen LogP contribution in [0.2, 0.25) is 0 Å². The molecule has 28 heavy (non-hydrogen) atoms. The van der Waals surface area contributed by atoms with Crippen molar-refractivity contribution in [1.29, 1.82) is 0 Å². The van der Waals surface area contributed by atoms with Gasteiger partial charge in [0.15, 0.2) is 5.13 Å². The van der Waals surface area contributed by atoms with Crippen molar-refractivity contribution in [2.75, 3.05) is 4.90 Å². The number of carbonyl (C=O) groups excluding carboxylic acids is 1. The molecular weight excluding hydrogens is 366 g/mol. The smallest absolute Gasteiger partial charge is 0.253 e. The molecule has 2 aromatic carbocycles. The number of hydrogen-bond acceptors (Lipinski definition) is 4. The molecule has 0 aliphatic carbocycles. The van der Waals surface area contributed by atoms with Crippen LogP contribution in [0.1, 0.15) is 16.7 Å². The van der Waals surface area contributed by atoms with Gasteiger partial charge in [0.05, 0.1) is 16.8 Å². The van der Waals surface area contributed by atoms with E-state index >= 15 is 0 Å². The van der Waals surface area contributed by atoms with Gasteiger partial charge in [-0.05, 0) is 41.8 Å². The highest BCUT2D eigenvalue weighted by Gasteiger charge is 2.19. The van der Waals surface area contributed by atoms with E-state index in [1.165, 1.54) is 11.3 Å². The molecule has 4 aromatic rings. The van der Waals surface area contributed by atoms with E-state index in [1.54, 1.807) is 23.4 Å². The zero-order valence-corrected chi connectivity index (χ0v) is 16.3. The summed E-state index contributed by atoms with van der Waals surface area (Å²) in [4.78, 5) is 23.7. The van der Waals surface area contributed by atoms with Gasteiger partial charge in [-0.25, -0.2) is 4.98 Å². The van der Waals surface area contributed by atoms with Gasteiger partial charge in [0, 0.05) is 18.5 Å². The van der Waals surface area contributed by atoms with Crippen molar-refractivity contribution in [3.63, 3.8) is 0 Å². The molecule has 0 radical (unpaired) electrons. The lowest BCUT2D eigenvalue weighted by atomic mass is 10.2. The maximum absolute atomic E-state index is 13.1. The number of amides is 1. The second-order valence-corrected chi connectivity index (χ2v) is 7.46. The third-order valence-corrected chi connectivity index (χ3v) is 5.43. The number of nitrogens with zero attached hydrogens (tertiary/aromatic N) is 3. The predicted octanol–water partition coefficient (Wildman–Crippen LogP) is 5.25. The minimum atomic E-state index is -0.107. The van der Waals surface area contributed by atoms with E-state index in [2.05, 4.69) is 4.98 Å². The molecule has 138 valence electrons. The average molecular weight is 385 g/mol. The Morgan fingerprint density at radius 3 is 2.68 bits per heavy atom. The van der Waals surface area contributed by atoms with E-state index in [-0.39, 0.29) is 5.91 Å². The number of benzene rings is 2. The molecule has 1 amide bonds. The number of aryl methyl sites for hydroxylation is 1. The van der Waals surface area contributed by atoms with Gasteiger partial charge >= 0.3 is 0 Å². The third-order valence-electron chi connectivity index (χ3n) is 4.39. The highest BCUT2D eigenvalue weighted by atomic mass is 32.1. The molecule has 4 rings (SSSR count). The van der Waals surface area contributed by atoms with Gasteiger partial charge in [-0.15, -0.1) is 0 Å². The van der Waals surface area contributed by atoms with Gasteiger partial charge < -0.3 is 0 Å². The average Bonchev–Trinajstić information content (AvgIpc) is 3.17. The van der Waals surface area contributed by atoms with Crippen molar-refractivity contribution in [2.24, 2.45) is 0 Å². The fourth-order valence-corrected chi connectivity index (χ4v) is 3.97. The zero-order chi connectivity index (χ0) is 19.3. The molecule has 0 N–H and O–H groups in total. The molecule has 0 saturated heterocycles. The second-order valence-electron chi connectivity index (χ2n) is 6.45. The normalized spacial score (nSPS) is 11.2. The summed E-state index contributed by atoms with van der Waals surface area (Å²) in [6.45, 7) is 2.46.